The largest absolute Gasteiger partial charge is 0.493 e. The third kappa shape index (κ3) is 6.76. The second kappa shape index (κ2) is 8.97. The Kier molecular flexibility index (Phi) is 7.25. The van der Waals surface area contributed by atoms with Crippen LogP contribution in [0.15, 0.2) is 24.3 Å². The predicted molar refractivity (Wildman–Crippen MR) is 80.3 cm³/mol. The van der Waals surface area contributed by atoms with Gasteiger partial charge in [0.15, 0.2) is 0 Å². The first kappa shape index (κ1) is 17.0. The lowest BCUT2D eigenvalue weighted by molar-refractivity contribution is -0.136. The van der Waals surface area contributed by atoms with E-state index in [0.717, 1.165) is 5.75 Å². The third-order valence-corrected chi connectivity index (χ3v) is 2.49. The maximum atomic E-state index is 11.6. The number of hydrogen-bond acceptors (Lipinski definition) is 4. The molecule has 2 N–H and O–H groups in total. The third-order valence-electron chi connectivity index (χ3n) is 2.49. The molecule has 0 bridgehead atoms. The lowest BCUT2D eigenvalue weighted by atomic mass is 10.2. The summed E-state index contributed by atoms with van der Waals surface area (Å²) in [5, 5.41) is 4.96. The molecule has 0 spiro atoms. The van der Waals surface area contributed by atoms with Crippen molar-refractivity contribution in [3.8, 4) is 5.75 Å². The summed E-state index contributed by atoms with van der Waals surface area (Å²) in [6.45, 7) is 5.42. The van der Waals surface area contributed by atoms with Gasteiger partial charge in [0.05, 0.1) is 13.2 Å². The number of carbonyl (C=O) groups excluding carboxylic acids is 2. The number of methoxy groups -OCH3 is 1. The molecule has 0 aliphatic carbocycles. The van der Waals surface area contributed by atoms with E-state index in [9.17, 15) is 9.59 Å². The van der Waals surface area contributed by atoms with Crippen LogP contribution in [0.2, 0.25) is 0 Å². The van der Waals surface area contributed by atoms with Gasteiger partial charge in [0, 0.05) is 19.3 Å². The van der Waals surface area contributed by atoms with Crippen molar-refractivity contribution in [1.29, 1.82) is 0 Å². The van der Waals surface area contributed by atoms with Gasteiger partial charge in [-0.15, -0.1) is 0 Å². The van der Waals surface area contributed by atoms with E-state index in [1.54, 1.807) is 24.3 Å². The minimum atomic E-state index is -0.707. The van der Waals surface area contributed by atoms with Gasteiger partial charge in [-0.1, -0.05) is 13.8 Å². The number of benzene rings is 1. The van der Waals surface area contributed by atoms with Crippen LogP contribution in [0, 0.1) is 5.92 Å². The Labute approximate surface area is 124 Å². The highest BCUT2D eigenvalue weighted by molar-refractivity contribution is 6.39. The number of ether oxygens (including phenoxy) is 2. The number of rotatable bonds is 7. The van der Waals surface area contributed by atoms with Crippen molar-refractivity contribution in [3.63, 3.8) is 0 Å². The summed E-state index contributed by atoms with van der Waals surface area (Å²) < 4.78 is 10.3. The highest BCUT2D eigenvalue weighted by Gasteiger charge is 2.12. The fourth-order valence-corrected chi connectivity index (χ4v) is 1.43. The first-order chi connectivity index (χ1) is 10.0. The summed E-state index contributed by atoms with van der Waals surface area (Å²) in [6, 6.07) is 6.88. The van der Waals surface area contributed by atoms with Crippen molar-refractivity contribution in [2.45, 2.75) is 13.8 Å². The molecule has 0 atom stereocenters. The minimum Gasteiger partial charge on any atom is -0.493 e. The molecule has 0 aliphatic heterocycles. The van der Waals surface area contributed by atoms with E-state index in [1.165, 1.54) is 7.11 Å². The predicted octanol–water partition coefficient (Wildman–Crippen LogP) is 1.42. The van der Waals surface area contributed by atoms with Crippen molar-refractivity contribution in [1.82, 2.24) is 5.32 Å². The zero-order chi connectivity index (χ0) is 15.7. The monoisotopic (exact) mass is 294 g/mol. The van der Waals surface area contributed by atoms with Gasteiger partial charge in [0.2, 0.25) is 0 Å². The van der Waals surface area contributed by atoms with Crippen LogP contribution in [0.4, 0.5) is 5.69 Å². The molecule has 1 aromatic carbocycles. The van der Waals surface area contributed by atoms with E-state index in [2.05, 4.69) is 24.5 Å². The standard InChI is InChI=1S/C15H22N2O4/c1-11(2)10-21-13-6-4-12(5-7-13)17-15(19)14(18)16-8-9-20-3/h4-7,11H,8-10H2,1-3H3,(H,16,18)(H,17,19). The average molecular weight is 294 g/mol. The van der Waals surface area contributed by atoms with Crippen molar-refractivity contribution in [2.24, 2.45) is 5.92 Å². The summed E-state index contributed by atoms with van der Waals surface area (Å²) in [4.78, 5) is 23.1. The Hall–Kier alpha value is -2.08. The molecule has 0 aromatic heterocycles. The number of anilines is 1. The van der Waals surface area contributed by atoms with Crippen molar-refractivity contribution >= 4 is 17.5 Å². The first-order valence-corrected chi connectivity index (χ1v) is 6.84. The lowest BCUT2D eigenvalue weighted by Gasteiger charge is -2.10. The molecule has 6 heteroatoms. The quantitative estimate of drug-likeness (QED) is 0.589. The van der Waals surface area contributed by atoms with Gasteiger partial charge in [-0.3, -0.25) is 9.59 Å². The molecule has 21 heavy (non-hydrogen) atoms. The second-order valence-corrected chi connectivity index (χ2v) is 4.93. The second-order valence-electron chi connectivity index (χ2n) is 4.93. The number of hydrogen-bond donors (Lipinski definition) is 2. The molecule has 0 aliphatic rings. The summed E-state index contributed by atoms with van der Waals surface area (Å²) >= 11 is 0. The smallest absolute Gasteiger partial charge is 0.313 e. The molecule has 0 saturated carbocycles. The van der Waals surface area contributed by atoms with Crippen LogP contribution in [0.3, 0.4) is 0 Å². The Morgan fingerprint density at radius 1 is 1.14 bits per heavy atom. The van der Waals surface area contributed by atoms with Crippen LogP contribution >= 0.6 is 0 Å². The summed E-state index contributed by atoms with van der Waals surface area (Å²) in [7, 11) is 1.52. The van der Waals surface area contributed by atoms with Crippen LogP contribution < -0.4 is 15.4 Å². The topological polar surface area (TPSA) is 76.7 Å². The summed E-state index contributed by atoms with van der Waals surface area (Å²) in [5.41, 5.74) is 0.541. The molecule has 116 valence electrons. The molecular weight excluding hydrogens is 272 g/mol. The van der Waals surface area contributed by atoms with E-state index >= 15 is 0 Å². The summed E-state index contributed by atoms with van der Waals surface area (Å²) in [5.74, 6) is -0.222. The SMILES string of the molecule is COCCNC(=O)C(=O)Nc1ccc(OCC(C)C)cc1. The van der Waals surface area contributed by atoms with Crippen LogP contribution in [0.1, 0.15) is 13.8 Å². The van der Waals surface area contributed by atoms with E-state index in [0.29, 0.717) is 31.4 Å². The van der Waals surface area contributed by atoms with Crippen molar-refractivity contribution in [2.75, 3.05) is 32.2 Å². The zero-order valence-electron chi connectivity index (χ0n) is 12.6. The Balaban J connectivity index is 2.43. The molecule has 0 heterocycles. The molecule has 0 fully saturated rings. The van der Waals surface area contributed by atoms with E-state index < -0.39 is 11.8 Å². The van der Waals surface area contributed by atoms with Gasteiger partial charge >= 0.3 is 11.8 Å². The maximum Gasteiger partial charge on any atom is 0.313 e. The maximum absolute atomic E-state index is 11.6. The fraction of sp³-hybridized carbons (Fsp3) is 0.467. The average Bonchev–Trinajstić information content (AvgIpc) is 2.46. The normalized spacial score (nSPS) is 10.3. The van der Waals surface area contributed by atoms with Crippen LogP contribution in [0.25, 0.3) is 0 Å². The first-order valence-electron chi connectivity index (χ1n) is 6.84. The van der Waals surface area contributed by atoms with Gasteiger partial charge < -0.3 is 20.1 Å². The number of amides is 2. The fourth-order valence-electron chi connectivity index (χ4n) is 1.43. The van der Waals surface area contributed by atoms with Crippen LogP contribution in [-0.2, 0) is 14.3 Å². The number of nitrogens with one attached hydrogen (secondary N) is 2. The molecular formula is C15H22N2O4. The van der Waals surface area contributed by atoms with Crippen LogP contribution in [-0.4, -0.2) is 38.7 Å². The molecule has 0 saturated heterocycles. The summed E-state index contributed by atoms with van der Waals surface area (Å²) in [6.07, 6.45) is 0. The van der Waals surface area contributed by atoms with Gasteiger partial charge in [0.1, 0.15) is 5.75 Å². The molecule has 1 rings (SSSR count). The van der Waals surface area contributed by atoms with Gasteiger partial charge in [-0.05, 0) is 30.2 Å². The molecule has 0 radical (unpaired) electrons. The van der Waals surface area contributed by atoms with Gasteiger partial charge in [-0.2, -0.15) is 0 Å². The van der Waals surface area contributed by atoms with Gasteiger partial charge in [0.25, 0.3) is 0 Å². The van der Waals surface area contributed by atoms with Crippen molar-refractivity contribution in [3.05, 3.63) is 24.3 Å². The zero-order valence-corrected chi connectivity index (χ0v) is 12.6. The van der Waals surface area contributed by atoms with Gasteiger partial charge in [-0.25, -0.2) is 0 Å². The molecule has 2 amide bonds. The highest BCUT2D eigenvalue weighted by atomic mass is 16.5. The Bertz CT molecular complexity index is 457. The molecule has 0 unspecified atom stereocenters. The van der Waals surface area contributed by atoms with E-state index in [1.807, 2.05) is 0 Å². The lowest BCUT2D eigenvalue weighted by Crippen LogP contribution is -2.37. The number of carbonyl (C=O) groups is 2. The van der Waals surface area contributed by atoms with Crippen LogP contribution in [0.5, 0.6) is 5.75 Å². The van der Waals surface area contributed by atoms with E-state index in [4.69, 9.17) is 9.47 Å². The Morgan fingerprint density at radius 2 is 1.81 bits per heavy atom. The van der Waals surface area contributed by atoms with E-state index in [-0.39, 0.29) is 0 Å². The van der Waals surface area contributed by atoms with Crippen molar-refractivity contribution < 1.29 is 19.1 Å². The minimum absolute atomic E-state index is 0.296. The highest BCUT2D eigenvalue weighted by Crippen LogP contribution is 2.16. The molecule has 1 aromatic rings. The molecule has 6 nitrogen and oxygen atoms in total. The Morgan fingerprint density at radius 3 is 2.38 bits per heavy atom.